The van der Waals surface area contributed by atoms with Crippen molar-refractivity contribution in [1.29, 1.82) is 0 Å². The molecule has 0 radical (unpaired) electrons. The minimum absolute atomic E-state index is 0.0221. The zero-order valence-corrected chi connectivity index (χ0v) is 12.3. The largest absolute Gasteiger partial charge is 0.375 e. The van der Waals surface area contributed by atoms with Gasteiger partial charge in [0.1, 0.15) is 11.5 Å². The van der Waals surface area contributed by atoms with Gasteiger partial charge in [-0.1, -0.05) is 28.1 Å². The summed E-state index contributed by atoms with van der Waals surface area (Å²) in [5.41, 5.74) is 2.22. The average Bonchev–Trinajstić information content (AvgIpc) is 2.37. The molecule has 4 nitrogen and oxygen atoms in total. The van der Waals surface area contributed by atoms with Crippen LogP contribution in [-0.2, 0) is 6.54 Å². The maximum atomic E-state index is 13.0. The lowest BCUT2D eigenvalue weighted by atomic mass is 10.1. The van der Waals surface area contributed by atoms with Crippen LogP contribution < -0.4 is 5.32 Å². The summed E-state index contributed by atoms with van der Waals surface area (Å²) >= 11 is 3.27. The highest BCUT2D eigenvalue weighted by Gasteiger charge is 2.13. The first kappa shape index (κ1) is 14.5. The van der Waals surface area contributed by atoms with Gasteiger partial charge in [0.05, 0.1) is 4.92 Å². The third-order valence-corrected chi connectivity index (χ3v) is 3.57. The quantitative estimate of drug-likeness (QED) is 0.663. The molecule has 0 aliphatic carbocycles. The van der Waals surface area contributed by atoms with Crippen LogP contribution in [0.4, 0.5) is 15.8 Å². The highest BCUT2D eigenvalue weighted by Crippen LogP contribution is 2.27. The van der Waals surface area contributed by atoms with Crippen molar-refractivity contribution in [3.63, 3.8) is 0 Å². The Morgan fingerprint density at radius 1 is 1.30 bits per heavy atom. The van der Waals surface area contributed by atoms with Gasteiger partial charge >= 0.3 is 0 Å². The first-order valence-corrected chi connectivity index (χ1v) is 6.69. The third kappa shape index (κ3) is 3.33. The number of nitrogens with zero attached hydrogens (tertiary/aromatic N) is 1. The van der Waals surface area contributed by atoms with E-state index in [1.165, 1.54) is 18.2 Å². The molecule has 0 fully saturated rings. The van der Waals surface area contributed by atoms with Crippen molar-refractivity contribution in [3.8, 4) is 0 Å². The molecular formula is C14H12BrFN2O2. The fourth-order valence-electron chi connectivity index (χ4n) is 1.81. The summed E-state index contributed by atoms with van der Waals surface area (Å²) in [5.74, 6) is -0.331. The normalized spacial score (nSPS) is 10.3. The Balaban J connectivity index is 2.22. The molecule has 0 heterocycles. The van der Waals surface area contributed by atoms with Crippen LogP contribution in [0.1, 0.15) is 11.1 Å². The number of nitro benzene ring substituents is 1. The molecule has 0 bridgehead atoms. The van der Waals surface area contributed by atoms with E-state index in [1.807, 2.05) is 6.92 Å². The van der Waals surface area contributed by atoms with Crippen molar-refractivity contribution in [1.82, 2.24) is 0 Å². The number of benzene rings is 2. The summed E-state index contributed by atoms with van der Waals surface area (Å²) in [7, 11) is 0. The molecule has 0 saturated carbocycles. The summed E-state index contributed by atoms with van der Waals surface area (Å²) in [4.78, 5) is 10.5. The van der Waals surface area contributed by atoms with Gasteiger partial charge in [0.2, 0.25) is 0 Å². The van der Waals surface area contributed by atoms with E-state index in [-0.39, 0.29) is 11.5 Å². The molecule has 0 unspecified atom stereocenters. The van der Waals surface area contributed by atoms with Gasteiger partial charge in [-0.25, -0.2) is 4.39 Å². The molecule has 2 aromatic rings. The molecule has 0 atom stereocenters. The van der Waals surface area contributed by atoms with Crippen molar-refractivity contribution >= 4 is 27.3 Å². The lowest BCUT2D eigenvalue weighted by molar-refractivity contribution is -0.384. The second-order valence-electron chi connectivity index (χ2n) is 4.37. The lowest BCUT2D eigenvalue weighted by Gasteiger charge is -2.09. The molecule has 0 aliphatic heterocycles. The first-order chi connectivity index (χ1) is 9.47. The predicted molar refractivity (Wildman–Crippen MR) is 79.3 cm³/mol. The second kappa shape index (κ2) is 6.00. The smallest absolute Gasteiger partial charge is 0.292 e. The molecule has 2 aromatic carbocycles. The van der Waals surface area contributed by atoms with Gasteiger partial charge in [-0.15, -0.1) is 0 Å². The Kier molecular flexibility index (Phi) is 4.34. The second-order valence-corrected chi connectivity index (χ2v) is 5.22. The van der Waals surface area contributed by atoms with Gasteiger partial charge < -0.3 is 5.32 Å². The first-order valence-electron chi connectivity index (χ1n) is 5.90. The zero-order valence-electron chi connectivity index (χ0n) is 10.7. The van der Waals surface area contributed by atoms with Gasteiger partial charge in [-0.05, 0) is 36.2 Å². The Bertz CT molecular complexity index is 662. The standard InChI is InChI=1S/C14H12BrFN2O2/c1-9-2-5-14(18(19)20)13(6-9)17-8-10-3-4-11(16)7-12(10)15/h2-7,17H,8H2,1H3. The molecule has 104 valence electrons. The Hall–Kier alpha value is -1.95. The van der Waals surface area contributed by atoms with Crippen LogP contribution in [-0.4, -0.2) is 4.92 Å². The van der Waals surface area contributed by atoms with Crippen LogP contribution in [0.3, 0.4) is 0 Å². The molecule has 6 heteroatoms. The fourth-order valence-corrected chi connectivity index (χ4v) is 2.30. The van der Waals surface area contributed by atoms with Crippen molar-refractivity contribution in [2.24, 2.45) is 0 Å². The van der Waals surface area contributed by atoms with Gasteiger partial charge in [0, 0.05) is 17.1 Å². The number of hydrogen-bond acceptors (Lipinski definition) is 3. The van der Waals surface area contributed by atoms with Crippen LogP contribution in [0.2, 0.25) is 0 Å². The fraction of sp³-hybridized carbons (Fsp3) is 0.143. The van der Waals surface area contributed by atoms with E-state index in [0.29, 0.717) is 16.7 Å². The van der Waals surface area contributed by atoms with Crippen molar-refractivity contribution in [2.75, 3.05) is 5.32 Å². The predicted octanol–water partition coefficient (Wildman–Crippen LogP) is 4.42. The minimum atomic E-state index is -0.429. The van der Waals surface area contributed by atoms with E-state index in [9.17, 15) is 14.5 Å². The van der Waals surface area contributed by atoms with Gasteiger partial charge in [-0.3, -0.25) is 10.1 Å². The summed E-state index contributed by atoms with van der Waals surface area (Å²) < 4.78 is 13.6. The number of nitrogens with one attached hydrogen (secondary N) is 1. The number of rotatable bonds is 4. The van der Waals surface area contributed by atoms with Crippen molar-refractivity contribution in [2.45, 2.75) is 13.5 Å². The Labute approximate surface area is 123 Å². The van der Waals surface area contributed by atoms with Crippen LogP contribution >= 0.6 is 15.9 Å². The number of anilines is 1. The Morgan fingerprint density at radius 3 is 2.70 bits per heavy atom. The van der Waals surface area contributed by atoms with Gasteiger partial charge in [0.15, 0.2) is 0 Å². The molecule has 2 rings (SSSR count). The monoisotopic (exact) mass is 338 g/mol. The van der Waals surface area contributed by atoms with Crippen LogP contribution in [0.25, 0.3) is 0 Å². The SMILES string of the molecule is Cc1ccc([N+](=O)[O-])c(NCc2ccc(F)cc2Br)c1. The average molecular weight is 339 g/mol. The number of aryl methyl sites for hydroxylation is 1. The van der Waals surface area contributed by atoms with E-state index < -0.39 is 4.92 Å². The molecule has 0 saturated heterocycles. The van der Waals surface area contributed by atoms with Crippen LogP contribution in [0.15, 0.2) is 40.9 Å². The molecule has 0 spiro atoms. The van der Waals surface area contributed by atoms with Crippen LogP contribution in [0.5, 0.6) is 0 Å². The summed E-state index contributed by atoms with van der Waals surface area (Å²) in [6, 6.07) is 9.23. The number of hydrogen-bond donors (Lipinski definition) is 1. The molecular weight excluding hydrogens is 327 g/mol. The van der Waals surface area contributed by atoms with E-state index in [0.717, 1.165) is 11.1 Å². The van der Waals surface area contributed by atoms with E-state index in [1.54, 1.807) is 18.2 Å². The minimum Gasteiger partial charge on any atom is -0.375 e. The summed E-state index contributed by atoms with van der Waals surface area (Å²) in [5, 5.41) is 14.0. The van der Waals surface area contributed by atoms with Crippen LogP contribution in [0, 0.1) is 22.9 Å². The molecule has 0 aromatic heterocycles. The van der Waals surface area contributed by atoms with E-state index >= 15 is 0 Å². The molecule has 0 amide bonds. The molecule has 20 heavy (non-hydrogen) atoms. The summed E-state index contributed by atoms with van der Waals surface area (Å²) in [6.45, 7) is 2.23. The molecule has 1 N–H and O–H groups in total. The topological polar surface area (TPSA) is 55.2 Å². The van der Waals surface area contributed by atoms with Crippen molar-refractivity contribution in [3.05, 3.63) is 67.9 Å². The van der Waals surface area contributed by atoms with Gasteiger partial charge in [0.25, 0.3) is 5.69 Å². The van der Waals surface area contributed by atoms with Gasteiger partial charge in [-0.2, -0.15) is 0 Å². The maximum absolute atomic E-state index is 13.0. The Morgan fingerprint density at radius 2 is 2.05 bits per heavy atom. The van der Waals surface area contributed by atoms with E-state index in [4.69, 9.17) is 0 Å². The highest BCUT2D eigenvalue weighted by molar-refractivity contribution is 9.10. The third-order valence-electron chi connectivity index (χ3n) is 2.83. The number of halogens is 2. The van der Waals surface area contributed by atoms with Crippen molar-refractivity contribution < 1.29 is 9.31 Å². The molecule has 0 aliphatic rings. The summed E-state index contributed by atoms with van der Waals surface area (Å²) in [6.07, 6.45) is 0. The van der Waals surface area contributed by atoms with E-state index in [2.05, 4.69) is 21.2 Å². The maximum Gasteiger partial charge on any atom is 0.292 e. The lowest BCUT2D eigenvalue weighted by Crippen LogP contribution is -2.03. The zero-order chi connectivity index (χ0) is 14.7. The number of nitro groups is 1. The highest BCUT2D eigenvalue weighted by atomic mass is 79.9.